The monoisotopic (exact) mass is 356 g/mol. The molecule has 0 heterocycles. The van der Waals surface area contributed by atoms with Crippen LogP contribution >= 0.6 is 27.5 Å². The Morgan fingerprint density at radius 2 is 1.75 bits per heavy atom. The van der Waals surface area contributed by atoms with Gasteiger partial charge in [0.05, 0.1) is 12.5 Å². The van der Waals surface area contributed by atoms with Crippen molar-refractivity contribution in [2.45, 2.75) is 19.2 Å². The maximum atomic E-state index is 13.4. The number of ether oxygens (including phenoxy) is 1. The lowest BCUT2D eigenvalue weighted by atomic mass is 9.95. The minimum atomic E-state index is -0.376. The van der Waals surface area contributed by atoms with Crippen molar-refractivity contribution >= 4 is 27.5 Å². The Labute approximate surface area is 131 Å². The van der Waals surface area contributed by atoms with Gasteiger partial charge in [0.15, 0.2) is 0 Å². The molecular weight excluding hydrogens is 343 g/mol. The summed E-state index contributed by atoms with van der Waals surface area (Å²) >= 11 is 10.0. The van der Waals surface area contributed by atoms with E-state index in [2.05, 4.69) is 15.9 Å². The summed E-state index contributed by atoms with van der Waals surface area (Å²) in [5, 5.41) is -0.376. The van der Waals surface area contributed by atoms with Gasteiger partial charge in [-0.25, -0.2) is 4.39 Å². The molecule has 0 fully saturated rings. The van der Waals surface area contributed by atoms with Gasteiger partial charge in [0.25, 0.3) is 0 Å². The molecule has 0 aromatic heterocycles. The van der Waals surface area contributed by atoms with Gasteiger partial charge in [-0.2, -0.15) is 0 Å². The van der Waals surface area contributed by atoms with Crippen LogP contribution < -0.4 is 4.74 Å². The summed E-state index contributed by atoms with van der Waals surface area (Å²) in [6, 6.07) is 8.72. The molecule has 0 saturated heterocycles. The molecule has 2 aromatic rings. The number of rotatable bonds is 3. The van der Waals surface area contributed by atoms with E-state index in [4.69, 9.17) is 16.3 Å². The zero-order chi connectivity index (χ0) is 14.9. The molecule has 1 atom stereocenters. The average molecular weight is 358 g/mol. The molecule has 0 radical (unpaired) electrons. The maximum Gasteiger partial charge on any atom is 0.125 e. The van der Waals surface area contributed by atoms with Gasteiger partial charge < -0.3 is 4.74 Å². The zero-order valence-electron chi connectivity index (χ0n) is 11.5. The number of hydrogen-bond donors (Lipinski definition) is 0. The van der Waals surface area contributed by atoms with Crippen LogP contribution in [0.25, 0.3) is 0 Å². The normalized spacial score (nSPS) is 12.3. The number of methoxy groups -OCH3 is 1. The highest BCUT2D eigenvalue weighted by atomic mass is 79.9. The smallest absolute Gasteiger partial charge is 0.125 e. The summed E-state index contributed by atoms with van der Waals surface area (Å²) in [5.41, 5.74) is 3.48. The van der Waals surface area contributed by atoms with Crippen LogP contribution in [0.3, 0.4) is 0 Å². The highest BCUT2D eigenvalue weighted by molar-refractivity contribution is 9.10. The van der Waals surface area contributed by atoms with Crippen molar-refractivity contribution in [2.24, 2.45) is 0 Å². The van der Waals surface area contributed by atoms with E-state index in [1.54, 1.807) is 7.11 Å². The fourth-order valence-electron chi connectivity index (χ4n) is 2.37. The summed E-state index contributed by atoms with van der Waals surface area (Å²) in [4.78, 5) is 0. The molecule has 0 N–H and O–H groups in total. The van der Waals surface area contributed by atoms with Gasteiger partial charge in [-0.15, -0.1) is 11.6 Å². The molecule has 1 nitrogen and oxygen atoms in total. The largest absolute Gasteiger partial charge is 0.496 e. The van der Waals surface area contributed by atoms with Gasteiger partial charge >= 0.3 is 0 Å². The lowest BCUT2D eigenvalue weighted by molar-refractivity contribution is 0.410. The molecule has 2 aromatic carbocycles. The molecule has 0 bridgehead atoms. The van der Waals surface area contributed by atoms with Crippen molar-refractivity contribution in [2.75, 3.05) is 7.11 Å². The minimum absolute atomic E-state index is 0.240. The second-order valence-corrected chi connectivity index (χ2v) is 6.05. The van der Waals surface area contributed by atoms with E-state index in [1.165, 1.54) is 12.1 Å². The van der Waals surface area contributed by atoms with E-state index >= 15 is 0 Å². The van der Waals surface area contributed by atoms with E-state index in [0.717, 1.165) is 26.7 Å². The van der Waals surface area contributed by atoms with Gasteiger partial charge in [0.2, 0.25) is 0 Å². The first kappa shape index (κ1) is 15.3. The minimum Gasteiger partial charge on any atom is -0.496 e. The van der Waals surface area contributed by atoms with Crippen LogP contribution in [-0.2, 0) is 0 Å². The average Bonchev–Trinajstić information content (AvgIpc) is 2.37. The van der Waals surface area contributed by atoms with E-state index in [1.807, 2.05) is 32.0 Å². The van der Waals surface area contributed by atoms with Gasteiger partial charge in [0.1, 0.15) is 11.6 Å². The van der Waals surface area contributed by atoms with Crippen LogP contribution in [-0.4, -0.2) is 7.11 Å². The molecule has 0 saturated carbocycles. The van der Waals surface area contributed by atoms with Gasteiger partial charge in [-0.3, -0.25) is 0 Å². The predicted octanol–water partition coefficient (Wildman–Crippen LogP) is 5.54. The van der Waals surface area contributed by atoms with Crippen LogP contribution in [0.2, 0.25) is 0 Å². The number of benzene rings is 2. The SMILES string of the molecule is COc1cc(Br)ccc1C(Cl)c1c(C)cc(F)cc1C. The van der Waals surface area contributed by atoms with Crippen molar-refractivity contribution in [1.29, 1.82) is 0 Å². The van der Waals surface area contributed by atoms with Crippen molar-refractivity contribution in [1.82, 2.24) is 0 Å². The Kier molecular flexibility index (Phi) is 4.71. The molecule has 1 unspecified atom stereocenters. The summed E-state index contributed by atoms with van der Waals surface area (Å²) < 4.78 is 19.7. The first-order valence-electron chi connectivity index (χ1n) is 6.18. The molecule has 0 amide bonds. The van der Waals surface area contributed by atoms with Crippen LogP contribution in [0.5, 0.6) is 5.75 Å². The van der Waals surface area contributed by atoms with E-state index in [9.17, 15) is 4.39 Å². The molecule has 4 heteroatoms. The van der Waals surface area contributed by atoms with Gasteiger partial charge in [-0.05, 0) is 54.8 Å². The summed E-state index contributed by atoms with van der Waals surface area (Å²) in [6.07, 6.45) is 0. The number of aryl methyl sites for hydroxylation is 2. The fourth-order valence-corrected chi connectivity index (χ4v) is 3.24. The predicted molar refractivity (Wildman–Crippen MR) is 84.3 cm³/mol. The van der Waals surface area contributed by atoms with Crippen molar-refractivity contribution < 1.29 is 9.13 Å². The lowest BCUT2D eigenvalue weighted by Crippen LogP contribution is -2.02. The van der Waals surface area contributed by atoms with E-state index < -0.39 is 0 Å². The van der Waals surface area contributed by atoms with Crippen LogP contribution in [0.1, 0.15) is 27.6 Å². The second-order valence-electron chi connectivity index (χ2n) is 4.70. The first-order chi connectivity index (χ1) is 9.43. The number of hydrogen-bond acceptors (Lipinski definition) is 1. The highest BCUT2D eigenvalue weighted by Gasteiger charge is 2.20. The van der Waals surface area contributed by atoms with E-state index in [0.29, 0.717) is 5.75 Å². The third-order valence-corrected chi connectivity index (χ3v) is 4.23. The Morgan fingerprint density at radius 1 is 1.15 bits per heavy atom. The van der Waals surface area contributed by atoms with Gasteiger partial charge in [0, 0.05) is 10.0 Å². The Hall–Kier alpha value is -1.06. The van der Waals surface area contributed by atoms with Crippen molar-refractivity contribution in [3.05, 3.63) is 62.9 Å². The van der Waals surface area contributed by atoms with Crippen molar-refractivity contribution in [3.63, 3.8) is 0 Å². The Bertz CT molecular complexity index is 619. The van der Waals surface area contributed by atoms with Gasteiger partial charge in [-0.1, -0.05) is 22.0 Å². The quantitative estimate of drug-likeness (QED) is 0.655. The molecule has 0 aliphatic carbocycles. The number of halogens is 3. The first-order valence-corrected chi connectivity index (χ1v) is 7.41. The topological polar surface area (TPSA) is 9.23 Å². The lowest BCUT2D eigenvalue weighted by Gasteiger charge is -2.19. The standard InChI is InChI=1S/C16H15BrClFO/c1-9-6-12(19)7-10(2)15(9)16(18)13-5-4-11(17)8-14(13)20-3/h4-8,16H,1-3H3. The molecule has 20 heavy (non-hydrogen) atoms. The molecule has 2 rings (SSSR count). The van der Waals surface area contributed by atoms with Crippen LogP contribution in [0.4, 0.5) is 4.39 Å². The molecular formula is C16H15BrClFO. The molecule has 0 aliphatic rings. The van der Waals surface area contributed by atoms with E-state index in [-0.39, 0.29) is 11.2 Å². The Morgan fingerprint density at radius 3 is 2.30 bits per heavy atom. The molecule has 106 valence electrons. The Balaban J connectivity index is 2.54. The van der Waals surface area contributed by atoms with Crippen LogP contribution in [0.15, 0.2) is 34.8 Å². The molecule has 0 aliphatic heterocycles. The maximum absolute atomic E-state index is 13.4. The fraction of sp³-hybridized carbons (Fsp3) is 0.250. The third kappa shape index (κ3) is 2.99. The third-order valence-electron chi connectivity index (χ3n) is 3.28. The summed E-state index contributed by atoms with van der Waals surface area (Å²) in [7, 11) is 1.61. The summed E-state index contributed by atoms with van der Waals surface area (Å²) in [5.74, 6) is 0.470. The zero-order valence-corrected chi connectivity index (χ0v) is 13.8. The second kappa shape index (κ2) is 6.15. The summed E-state index contributed by atoms with van der Waals surface area (Å²) in [6.45, 7) is 3.73. The number of alkyl halides is 1. The van der Waals surface area contributed by atoms with Crippen LogP contribution in [0, 0.1) is 19.7 Å². The highest BCUT2D eigenvalue weighted by Crippen LogP contribution is 2.39. The van der Waals surface area contributed by atoms with Crippen molar-refractivity contribution in [3.8, 4) is 5.75 Å². The molecule has 0 spiro atoms.